The van der Waals surface area contributed by atoms with Crippen LogP contribution in [0.1, 0.15) is 17.4 Å². The lowest BCUT2D eigenvalue weighted by molar-refractivity contribution is -0.140. The van der Waals surface area contributed by atoms with E-state index in [9.17, 15) is 14.7 Å². The van der Waals surface area contributed by atoms with Gasteiger partial charge in [0.25, 0.3) is 11.8 Å². The Bertz CT molecular complexity index is 690. The van der Waals surface area contributed by atoms with E-state index in [0.29, 0.717) is 42.7 Å². The molecule has 2 N–H and O–H groups in total. The van der Waals surface area contributed by atoms with E-state index in [0.717, 1.165) is 0 Å². The van der Waals surface area contributed by atoms with Gasteiger partial charge in [0.2, 0.25) is 0 Å². The van der Waals surface area contributed by atoms with E-state index in [1.54, 1.807) is 15.2 Å². The van der Waals surface area contributed by atoms with Gasteiger partial charge < -0.3 is 14.9 Å². The van der Waals surface area contributed by atoms with Crippen LogP contribution in [0.25, 0.3) is 10.8 Å². The Morgan fingerprint density at radius 3 is 2.61 bits per heavy atom. The summed E-state index contributed by atoms with van der Waals surface area (Å²) >= 11 is 1.32. The van der Waals surface area contributed by atoms with Crippen LogP contribution in [0, 0.1) is 0 Å². The summed E-state index contributed by atoms with van der Waals surface area (Å²) in [7, 11) is 0. The number of amides is 2. The zero-order chi connectivity index (χ0) is 16.4. The highest BCUT2D eigenvalue weighted by Gasteiger charge is 2.27. The van der Waals surface area contributed by atoms with Gasteiger partial charge in [-0.15, -0.1) is 11.3 Å². The van der Waals surface area contributed by atoms with Crippen LogP contribution in [0.2, 0.25) is 0 Å². The van der Waals surface area contributed by atoms with Gasteiger partial charge in [-0.2, -0.15) is 5.10 Å². The highest BCUT2D eigenvalue weighted by atomic mass is 32.1. The Hall–Kier alpha value is -2.33. The molecular weight excluding hydrogens is 320 g/mol. The first-order valence-corrected chi connectivity index (χ1v) is 8.01. The van der Waals surface area contributed by atoms with Crippen molar-refractivity contribution in [2.75, 3.05) is 26.2 Å². The number of aliphatic hydroxyl groups is 1. The van der Waals surface area contributed by atoms with E-state index in [2.05, 4.69) is 20.2 Å². The molecule has 3 rings (SSSR count). The van der Waals surface area contributed by atoms with Crippen molar-refractivity contribution in [1.82, 2.24) is 30.0 Å². The van der Waals surface area contributed by atoms with Crippen molar-refractivity contribution in [3.8, 4) is 10.8 Å². The maximum atomic E-state index is 12.5. The van der Waals surface area contributed by atoms with Crippen LogP contribution in [-0.2, 0) is 4.79 Å². The Kier molecular flexibility index (Phi) is 4.35. The number of rotatable bonds is 3. The van der Waals surface area contributed by atoms with Gasteiger partial charge in [0.05, 0.1) is 0 Å². The van der Waals surface area contributed by atoms with E-state index in [1.807, 2.05) is 0 Å². The number of carbonyl (C=O) groups is 2. The van der Waals surface area contributed by atoms with E-state index in [-0.39, 0.29) is 11.8 Å². The zero-order valence-electron chi connectivity index (χ0n) is 12.5. The van der Waals surface area contributed by atoms with Crippen LogP contribution in [0.5, 0.6) is 0 Å². The fraction of sp³-hybridized carbons (Fsp3) is 0.462. The molecule has 1 aliphatic rings. The van der Waals surface area contributed by atoms with Crippen molar-refractivity contribution < 1.29 is 14.7 Å². The predicted molar refractivity (Wildman–Crippen MR) is 81.7 cm³/mol. The Morgan fingerprint density at radius 2 is 2.00 bits per heavy atom. The molecule has 122 valence electrons. The number of H-pyrrole nitrogens is 1. The lowest BCUT2D eigenvalue weighted by atomic mass is 10.2. The molecule has 1 atom stereocenters. The van der Waals surface area contributed by atoms with E-state index < -0.39 is 6.10 Å². The van der Waals surface area contributed by atoms with Crippen molar-refractivity contribution >= 4 is 23.2 Å². The molecule has 0 radical (unpaired) electrons. The first-order valence-electron chi connectivity index (χ1n) is 7.13. The number of hydrogen-bond donors (Lipinski definition) is 2. The third-order valence-corrected chi connectivity index (χ3v) is 4.43. The first-order chi connectivity index (χ1) is 11.1. The number of piperazine rings is 1. The molecule has 0 bridgehead atoms. The van der Waals surface area contributed by atoms with Crippen LogP contribution in [0.3, 0.4) is 0 Å². The first kappa shape index (κ1) is 15.6. The number of aromatic amines is 1. The summed E-state index contributed by atoms with van der Waals surface area (Å²) < 4.78 is 0. The lowest BCUT2D eigenvalue weighted by Gasteiger charge is -2.35. The smallest absolute Gasteiger partial charge is 0.273 e. The average molecular weight is 336 g/mol. The zero-order valence-corrected chi connectivity index (χ0v) is 13.3. The summed E-state index contributed by atoms with van der Waals surface area (Å²) in [6.07, 6.45) is 0.372. The van der Waals surface area contributed by atoms with Crippen molar-refractivity contribution in [2.24, 2.45) is 0 Å². The van der Waals surface area contributed by atoms with Crippen molar-refractivity contribution in [1.29, 1.82) is 0 Å². The van der Waals surface area contributed by atoms with Crippen LogP contribution in [0.15, 0.2) is 11.7 Å². The maximum absolute atomic E-state index is 12.5. The minimum Gasteiger partial charge on any atom is -0.384 e. The van der Waals surface area contributed by atoms with Crippen LogP contribution < -0.4 is 0 Å². The van der Waals surface area contributed by atoms with E-state index in [1.165, 1.54) is 24.6 Å². The molecule has 0 saturated carbocycles. The number of hydrogen-bond acceptors (Lipinski definition) is 7. The number of aromatic nitrogens is 4. The van der Waals surface area contributed by atoms with Crippen molar-refractivity contribution in [3.63, 3.8) is 0 Å². The molecule has 1 fully saturated rings. The van der Waals surface area contributed by atoms with Gasteiger partial charge >= 0.3 is 0 Å². The summed E-state index contributed by atoms with van der Waals surface area (Å²) in [5.41, 5.74) is 0.358. The second kappa shape index (κ2) is 6.42. The maximum Gasteiger partial charge on any atom is 0.273 e. The quantitative estimate of drug-likeness (QED) is 0.787. The van der Waals surface area contributed by atoms with E-state index in [4.69, 9.17) is 0 Å². The molecule has 2 aromatic heterocycles. The highest BCUT2D eigenvalue weighted by molar-refractivity contribution is 7.13. The average Bonchev–Trinajstić information content (AvgIpc) is 3.24. The van der Waals surface area contributed by atoms with Gasteiger partial charge in [0.15, 0.2) is 10.8 Å². The number of aliphatic hydroxyl groups excluding tert-OH is 1. The van der Waals surface area contributed by atoms with Gasteiger partial charge in [-0.05, 0) is 6.92 Å². The number of thiazole rings is 1. The van der Waals surface area contributed by atoms with Gasteiger partial charge in [-0.3, -0.25) is 14.7 Å². The molecule has 0 spiro atoms. The molecule has 1 saturated heterocycles. The molecule has 23 heavy (non-hydrogen) atoms. The molecule has 0 aliphatic carbocycles. The standard InChI is InChI=1S/C13H16N6O3S/c1-8(20)12(21)18-2-4-19(5-3-18)13(22)9-6-23-11(16-9)10-14-7-15-17-10/h6-8,20H,2-5H2,1H3,(H,14,15,17). The summed E-state index contributed by atoms with van der Waals surface area (Å²) in [4.78, 5) is 35.7. The highest BCUT2D eigenvalue weighted by Crippen LogP contribution is 2.20. The number of carbonyl (C=O) groups excluding carboxylic acids is 2. The molecule has 0 aromatic carbocycles. The van der Waals surface area contributed by atoms with Gasteiger partial charge in [0, 0.05) is 31.6 Å². The summed E-state index contributed by atoms with van der Waals surface area (Å²) in [5, 5.41) is 18.1. The van der Waals surface area contributed by atoms with Crippen LogP contribution in [0.4, 0.5) is 0 Å². The van der Waals surface area contributed by atoms with Crippen LogP contribution in [-0.4, -0.2) is 79.2 Å². The number of nitrogens with zero attached hydrogens (tertiary/aromatic N) is 5. The fourth-order valence-electron chi connectivity index (χ4n) is 2.35. The lowest BCUT2D eigenvalue weighted by Crippen LogP contribution is -2.52. The van der Waals surface area contributed by atoms with E-state index >= 15 is 0 Å². The van der Waals surface area contributed by atoms with Gasteiger partial charge in [-0.1, -0.05) is 0 Å². The normalized spacial score (nSPS) is 16.4. The van der Waals surface area contributed by atoms with Gasteiger partial charge in [0.1, 0.15) is 18.1 Å². The summed E-state index contributed by atoms with van der Waals surface area (Å²) in [6.45, 7) is 3.11. The summed E-state index contributed by atoms with van der Waals surface area (Å²) in [5.74, 6) is 0.0518. The Balaban J connectivity index is 1.63. The topological polar surface area (TPSA) is 115 Å². The molecule has 1 aliphatic heterocycles. The molecule has 3 heterocycles. The minimum absolute atomic E-state index is 0.170. The fourth-order valence-corrected chi connectivity index (χ4v) is 3.08. The van der Waals surface area contributed by atoms with Crippen LogP contribution >= 0.6 is 11.3 Å². The van der Waals surface area contributed by atoms with Crippen molar-refractivity contribution in [2.45, 2.75) is 13.0 Å². The Labute approximate surface area is 136 Å². The predicted octanol–water partition coefficient (Wildman–Crippen LogP) is -0.407. The van der Waals surface area contributed by atoms with Gasteiger partial charge in [-0.25, -0.2) is 9.97 Å². The molecule has 2 amide bonds. The van der Waals surface area contributed by atoms with Crippen molar-refractivity contribution in [3.05, 3.63) is 17.4 Å². The monoisotopic (exact) mass is 336 g/mol. The number of nitrogens with one attached hydrogen (secondary N) is 1. The SMILES string of the molecule is CC(O)C(=O)N1CCN(C(=O)c2csc(-c3ncn[nH]3)n2)CC1. The third kappa shape index (κ3) is 3.22. The minimum atomic E-state index is -1.01. The third-order valence-electron chi connectivity index (χ3n) is 3.58. The Morgan fingerprint density at radius 1 is 1.30 bits per heavy atom. The molecule has 10 heteroatoms. The molecule has 2 aromatic rings. The molecular formula is C13H16N6O3S. The molecule has 1 unspecified atom stereocenters. The second-order valence-corrected chi connectivity index (χ2v) is 6.02. The molecule has 9 nitrogen and oxygen atoms in total. The second-order valence-electron chi connectivity index (χ2n) is 5.17. The largest absolute Gasteiger partial charge is 0.384 e. The summed E-state index contributed by atoms with van der Waals surface area (Å²) in [6, 6.07) is 0.